The molecule has 1 fully saturated rings. The Bertz CT molecular complexity index is 332. The van der Waals surface area contributed by atoms with E-state index >= 15 is 0 Å². The summed E-state index contributed by atoms with van der Waals surface area (Å²) < 4.78 is 0. The minimum absolute atomic E-state index is 0.0697. The molecule has 1 unspecified atom stereocenters. The lowest BCUT2D eigenvalue weighted by atomic mass is 10.0. The van der Waals surface area contributed by atoms with Gasteiger partial charge in [-0.25, -0.2) is 4.98 Å². The van der Waals surface area contributed by atoms with E-state index in [9.17, 15) is 0 Å². The zero-order valence-electron chi connectivity index (χ0n) is 10.2. The van der Waals surface area contributed by atoms with Gasteiger partial charge in [0.1, 0.15) is 5.82 Å². The van der Waals surface area contributed by atoms with Crippen molar-refractivity contribution in [3.63, 3.8) is 0 Å². The van der Waals surface area contributed by atoms with Gasteiger partial charge in [0, 0.05) is 24.8 Å². The molecule has 0 aromatic carbocycles. The molecule has 1 saturated heterocycles. The Labute approximate surface area is 97.7 Å². The number of piperidine rings is 1. The molecule has 1 aliphatic rings. The number of pyridine rings is 1. The quantitative estimate of drug-likeness (QED) is 0.831. The van der Waals surface area contributed by atoms with Crippen LogP contribution in [0.2, 0.25) is 0 Å². The predicted octanol–water partition coefficient (Wildman–Crippen LogP) is 2.48. The number of aromatic nitrogens is 1. The third kappa shape index (κ3) is 2.35. The van der Waals surface area contributed by atoms with E-state index < -0.39 is 0 Å². The summed E-state index contributed by atoms with van der Waals surface area (Å²) in [6.07, 6.45) is 5.80. The van der Waals surface area contributed by atoms with E-state index in [1.165, 1.54) is 19.3 Å². The van der Waals surface area contributed by atoms with Gasteiger partial charge < -0.3 is 10.6 Å². The fourth-order valence-corrected chi connectivity index (χ4v) is 2.28. The molecular formula is C13H21N3. The monoisotopic (exact) mass is 219 g/mol. The van der Waals surface area contributed by atoms with Crippen LogP contribution in [-0.4, -0.2) is 17.6 Å². The van der Waals surface area contributed by atoms with Crippen LogP contribution in [0.5, 0.6) is 0 Å². The molecule has 16 heavy (non-hydrogen) atoms. The molecule has 0 aliphatic carbocycles. The lowest BCUT2D eigenvalue weighted by Crippen LogP contribution is -2.37. The number of nitrogens with two attached hydrogens (primary N) is 1. The Hall–Kier alpha value is -1.09. The van der Waals surface area contributed by atoms with Gasteiger partial charge in [0.2, 0.25) is 0 Å². The topological polar surface area (TPSA) is 42.1 Å². The first-order chi connectivity index (χ1) is 7.68. The third-order valence-electron chi connectivity index (χ3n) is 3.39. The van der Waals surface area contributed by atoms with Crippen molar-refractivity contribution < 1.29 is 0 Å². The maximum Gasteiger partial charge on any atom is 0.128 e. The van der Waals surface area contributed by atoms with Gasteiger partial charge in [-0.05, 0) is 44.7 Å². The first kappa shape index (κ1) is 11.4. The molecule has 2 heterocycles. The summed E-state index contributed by atoms with van der Waals surface area (Å²) in [4.78, 5) is 6.92. The van der Waals surface area contributed by atoms with Crippen molar-refractivity contribution in [2.24, 2.45) is 5.73 Å². The molecule has 0 amide bonds. The zero-order chi connectivity index (χ0) is 11.5. The Morgan fingerprint density at radius 2 is 2.25 bits per heavy atom. The molecule has 1 aliphatic heterocycles. The van der Waals surface area contributed by atoms with Gasteiger partial charge >= 0.3 is 0 Å². The number of anilines is 1. The minimum Gasteiger partial charge on any atom is -0.354 e. The van der Waals surface area contributed by atoms with E-state index in [0.717, 1.165) is 17.9 Å². The summed E-state index contributed by atoms with van der Waals surface area (Å²) in [5.74, 6) is 1.09. The zero-order valence-corrected chi connectivity index (χ0v) is 10.2. The molecule has 2 N–H and O–H groups in total. The van der Waals surface area contributed by atoms with Crippen LogP contribution in [0, 0.1) is 0 Å². The van der Waals surface area contributed by atoms with Crippen LogP contribution >= 0.6 is 0 Å². The standard InChI is InChI=1S/C13H21N3/c1-10-5-3-4-8-16(10)13-7-6-12(9-15-13)11(2)14/h6-7,9-11H,3-5,8,14H2,1-2H3/t10?,11-/m0/s1. The fourth-order valence-electron chi connectivity index (χ4n) is 2.28. The van der Waals surface area contributed by atoms with Crippen LogP contribution < -0.4 is 10.6 Å². The van der Waals surface area contributed by atoms with Gasteiger partial charge in [-0.3, -0.25) is 0 Å². The van der Waals surface area contributed by atoms with Crippen LogP contribution in [0.25, 0.3) is 0 Å². The first-order valence-electron chi connectivity index (χ1n) is 6.16. The molecule has 88 valence electrons. The van der Waals surface area contributed by atoms with Crippen LogP contribution in [-0.2, 0) is 0 Å². The van der Waals surface area contributed by atoms with Crippen molar-refractivity contribution >= 4 is 5.82 Å². The maximum atomic E-state index is 5.82. The average Bonchev–Trinajstić information content (AvgIpc) is 2.30. The van der Waals surface area contributed by atoms with E-state index in [1.807, 2.05) is 13.1 Å². The normalized spacial score (nSPS) is 23.2. The van der Waals surface area contributed by atoms with Gasteiger partial charge in [0.25, 0.3) is 0 Å². The molecule has 3 heteroatoms. The van der Waals surface area contributed by atoms with Crippen molar-refractivity contribution in [2.75, 3.05) is 11.4 Å². The second kappa shape index (κ2) is 4.83. The lowest BCUT2D eigenvalue weighted by molar-refractivity contribution is 0.481. The second-order valence-corrected chi connectivity index (χ2v) is 4.78. The van der Waals surface area contributed by atoms with Crippen molar-refractivity contribution in [3.8, 4) is 0 Å². The molecule has 2 rings (SSSR count). The summed E-state index contributed by atoms with van der Waals surface area (Å²) in [6, 6.07) is 4.87. The van der Waals surface area contributed by atoms with Crippen LogP contribution in [0.4, 0.5) is 5.82 Å². The molecule has 1 aromatic rings. The summed E-state index contributed by atoms with van der Waals surface area (Å²) in [5, 5.41) is 0. The highest BCUT2D eigenvalue weighted by molar-refractivity contribution is 5.41. The highest BCUT2D eigenvalue weighted by Gasteiger charge is 2.19. The van der Waals surface area contributed by atoms with E-state index in [1.54, 1.807) is 0 Å². The average molecular weight is 219 g/mol. The Balaban J connectivity index is 2.14. The Morgan fingerprint density at radius 1 is 1.44 bits per heavy atom. The number of hydrogen-bond acceptors (Lipinski definition) is 3. The summed E-state index contributed by atoms with van der Waals surface area (Å²) in [6.45, 7) is 5.40. The van der Waals surface area contributed by atoms with Gasteiger partial charge in [0.05, 0.1) is 0 Å². The molecule has 0 saturated carbocycles. The molecular weight excluding hydrogens is 198 g/mol. The molecule has 0 spiro atoms. The summed E-state index contributed by atoms with van der Waals surface area (Å²) in [7, 11) is 0. The number of nitrogens with zero attached hydrogens (tertiary/aromatic N) is 2. The van der Waals surface area contributed by atoms with Crippen molar-refractivity contribution in [3.05, 3.63) is 23.9 Å². The molecule has 1 aromatic heterocycles. The first-order valence-corrected chi connectivity index (χ1v) is 6.16. The van der Waals surface area contributed by atoms with Crippen LogP contribution in [0.3, 0.4) is 0 Å². The van der Waals surface area contributed by atoms with Gasteiger partial charge in [-0.15, -0.1) is 0 Å². The highest BCUT2D eigenvalue weighted by Crippen LogP contribution is 2.23. The lowest BCUT2D eigenvalue weighted by Gasteiger charge is -2.34. The van der Waals surface area contributed by atoms with E-state index in [0.29, 0.717) is 6.04 Å². The van der Waals surface area contributed by atoms with Crippen LogP contribution in [0.1, 0.15) is 44.7 Å². The van der Waals surface area contributed by atoms with Crippen molar-refractivity contribution in [1.29, 1.82) is 0 Å². The fraction of sp³-hybridized carbons (Fsp3) is 0.615. The van der Waals surface area contributed by atoms with Gasteiger partial charge in [-0.2, -0.15) is 0 Å². The van der Waals surface area contributed by atoms with Crippen molar-refractivity contribution in [1.82, 2.24) is 4.98 Å². The SMILES string of the molecule is CC1CCCCN1c1ccc([C@H](C)N)cn1. The van der Waals surface area contributed by atoms with E-state index in [-0.39, 0.29) is 6.04 Å². The molecule has 0 bridgehead atoms. The molecule has 0 radical (unpaired) electrons. The maximum absolute atomic E-state index is 5.82. The molecule has 3 nitrogen and oxygen atoms in total. The Kier molecular flexibility index (Phi) is 3.44. The van der Waals surface area contributed by atoms with Crippen molar-refractivity contribution in [2.45, 2.75) is 45.2 Å². The summed E-state index contributed by atoms with van der Waals surface area (Å²) >= 11 is 0. The second-order valence-electron chi connectivity index (χ2n) is 4.78. The van der Waals surface area contributed by atoms with Gasteiger partial charge in [-0.1, -0.05) is 6.07 Å². The van der Waals surface area contributed by atoms with E-state index in [4.69, 9.17) is 5.73 Å². The third-order valence-corrected chi connectivity index (χ3v) is 3.39. The number of hydrogen-bond donors (Lipinski definition) is 1. The van der Waals surface area contributed by atoms with Gasteiger partial charge in [0.15, 0.2) is 0 Å². The predicted molar refractivity (Wildman–Crippen MR) is 67.5 cm³/mol. The van der Waals surface area contributed by atoms with E-state index in [2.05, 4.69) is 28.9 Å². The smallest absolute Gasteiger partial charge is 0.128 e. The highest BCUT2D eigenvalue weighted by atomic mass is 15.2. The largest absolute Gasteiger partial charge is 0.354 e. The van der Waals surface area contributed by atoms with Crippen LogP contribution in [0.15, 0.2) is 18.3 Å². The Morgan fingerprint density at radius 3 is 2.81 bits per heavy atom. The minimum atomic E-state index is 0.0697. The number of rotatable bonds is 2. The molecule has 2 atom stereocenters. The summed E-state index contributed by atoms with van der Waals surface area (Å²) in [5.41, 5.74) is 6.92.